The summed E-state index contributed by atoms with van der Waals surface area (Å²) in [7, 11) is -2.93. The number of sulfone groups is 1. The van der Waals surface area contributed by atoms with Crippen molar-refractivity contribution in [3.8, 4) is 0 Å². The van der Waals surface area contributed by atoms with E-state index in [1.165, 1.54) is 16.7 Å². The number of carbonyl (C=O) groups is 2. The maximum Gasteiger partial charge on any atom is 0.326 e. The van der Waals surface area contributed by atoms with Gasteiger partial charge in [0.2, 0.25) is 5.91 Å². The zero-order valence-electron chi connectivity index (χ0n) is 11.2. The van der Waals surface area contributed by atoms with Crippen LogP contribution < -0.4 is 0 Å². The van der Waals surface area contributed by atoms with Crippen molar-refractivity contribution in [2.45, 2.75) is 37.0 Å². The molecular formula is C12H19NO5S2. The number of carboxylic acids is 1. The van der Waals surface area contributed by atoms with Crippen LogP contribution >= 0.6 is 11.8 Å². The number of hydrogen-bond donors (Lipinski definition) is 1. The van der Waals surface area contributed by atoms with Gasteiger partial charge in [-0.25, -0.2) is 13.2 Å². The van der Waals surface area contributed by atoms with Crippen molar-refractivity contribution >= 4 is 33.5 Å². The molecule has 2 aliphatic heterocycles. The third-order valence-corrected chi connectivity index (χ3v) is 7.01. The maximum absolute atomic E-state index is 12.1. The lowest BCUT2D eigenvalue weighted by Crippen LogP contribution is -2.48. The quantitative estimate of drug-likeness (QED) is 0.804. The molecule has 0 radical (unpaired) electrons. The van der Waals surface area contributed by atoms with Crippen molar-refractivity contribution in [2.75, 3.05) is 23.8 Å². The zero-order valence-corrected chi connectivity index (χ0v) is 12.8. The van der Waals surface area contributed by atoms with Gasteiger partial charge in [0.1, 0.15) is 6.04 Å². The van der Waals surface area contributed by atoms with Gasteiger partial charge in [0.25, 0.3) is 0 Å². The number of thioether (sulfide) groups is 1. The van der Waals surface area contributed by atoms with Crippen LogP contribution in [-0.4, -0.2) is 65.4 Å². The van der Waals surface area contributed by atoms with Crippen molar-refractivity contribution in [1.29, 1.82) is 0 Å². The minimum Gasteiger partial charge on any atom is -0.480 e. The van der Waals surface area contributed by atoms with Crippen LogP contribution in [0.4, 0.5) is 0 Å². The van der Waals surface area contributed by atoms with Crippen molar-refractivity contribution in [3.05, 3.63) is 0 Å². The van der Waals surface area contributed by atoms with E-state index in [2.05, 4.69) is 0 Å². The number of hydrogen-bond acceptors (Lipinski definition) is 5. The summed E-state index contributed by atoms with van der Waals surface area (Å²) in [5.41, 5.74) is 0. The summed E-state index contributed by atoms with van der Waals surface area (Å²) in [6.07, 6.45) is 2.75. The van der Waals surface area contributed by atoms with E-state index in [0.717, 1.165) is 12.8 Å². The molecule has 0 bridgehead atoms. The highest BCUT2D eigenvalue weighted by Gasteiger charge is 2.33. The van der Waals surface area contributed by atoms with Gasteiger partial charge < -0.3 is 10.0 Å². The Kier molecular flexibility index (Phi) is 4.95. The normalized spacial score (nSPS) is 29.3. The maximum atomic E-state index is 12.1. The molecule has 2 fully saturated rings. The number of aliphatic carboxylic acids is 1. The Hall–Kier alpha value is -0.760. The minimum atomic E-state index is -2.93. The predicted octanol–water partition coefficient (Wildman–Crippen LogP) is 0.372. The van der Waals surface area contributed by atoms with Crippen LogP contribution in [0.5, 0.6) is 0 Å². The molecule has 0 aromatic heterocycles. The molecular weight excluding hydrogens is 302 g/mol. The molecule has 0 saturated carbocycles. The first kappa shape index (κ1) is 15.6. The fraction of sp³-hybridized carbons (Fsp3) is 0.833. The summed E-state index contributed by atoms with van der Waals surface area (Å²) in [6, 6.07) is -0.718. The van der Waals surface area contributed by atoms with Crippen molar-refractivity contribution in [1.82, 2.24) is 4.90 Å². The molecule has 1 amide bonds. The number of rotatable bonds is 4. The van der Waals surface area contributed by atoms with Gasteiger partial charge in [-0.1, -0.05) is 0 Å². The Morgan fingerprint density at radius 1 is 1.25 bits per heavy atom. The lowest BCUT2D eigenvalue weighted by molar-refractivity contribution is -0.150. The highest BCUT2D eigenvalue weighted by Crippen LogP contribution is 2.25. The lowest BCUT2D eigenvalue weighted by Gasteiger charge is -2.33. The minimum absolute atomic E-state index is 0.0305. The third kappa shape index (κ3) is 3.88. The monoisotopic (exact) mass is 321 g/mol. The molecule has 20 heavy (non-hydrogen) atoms. The molecule has 2 atom stereocenters. The van der Waals surface area contributed by atoms with E-state index in [1.807, 2.05) is 0 Å². The van der Waals surface area contributed by atoms with Crippen LogP contribution in [0.1, 0.15) is 25.7 Å². The largest absolute Gasteiger partial charge is 0.480 e. The first-order valence-corrected chi connectivity index (χ1v) is 9.60. The summed E-state index contributed by atoms with van der Waals surface area (Å²) >= 11 is 1.34. The second-order valence-electron chi connectivity index (χ2n) is 5.27. The number of carboxylic acid groups (broad SMARTS) is 1. The van der Waals surface area contributed by atoms with Crippen molar-refractivity contribution in [2.24, 2.45) is 0 Å². The number of piperidine rings is 1. The second kappa shape index (κ2) is 6.34. The molecule has 2 heterocycles. The molecule has 2 rings (SSSR count). The van der Waals surface area contributed by atoms with E-state index in [-0.39, 0.29) is 28.4 Å². The van der Waals surface area contributed by atoms with E-state index in [9.17, 15) is 18.0 Å². The summed E-state index contributed by atoms with van der Waals surface area (Å²) < 4.78 is 22.7. The summed E-state index contributed by atoms with van der Waals surface area (Å²) in [4.78, 5) is 24.7. The lowest BCUT2D eigenvalue weighted by atomic mass is 10.0. The van der Waals surface area contributed by atoms with Crippen LogP contribution in [0.15, 0.2) is 0 Å². The van der Waals surface area contributed by atoms with Crippen molar-refractivity contribution < 1.29 is 23.1 Å². The van der Waals surface area contributed by atoms with E-state index in [4.69, 9.17) is 5.11 Å². The number of nitrogens with zero attached hydrogens (tertiary/aromatic N) is 1. The smallest absolute Gasteiger partial charge is 0.326 e. The molecule has 2 unspecified atom stereocenters. The van der Waals surface area contributed by atoms with Gasteiger partial charge in [0.05, 0.1) is 17.3 Å². The van der Waals surface area contributed by atoms with Gasteiger partial charge >= 0.3 is 5.97 Å². The Balaban J connectivity index is 1.86. The van der Waals surface area contributed by atoms with Crippen LogP contribution in [0.2, 0.25) is 0 Å². The summed E-state index contributed by atoms with van der Waals surface area (Å²) in [5.74, 6) is -0.643. The number of carbonyl (C=O) groups excluding carboxylic acids is 1. The van der Waals surface area contributed by atoms with Gasteiger partial charge in [-0.15, -0.1) is 11.8 Å². The topological polar surface area (TPSA) is 91.8 Å². The van der Waals surface area contributed by atoms with E-state index >= 15 is 0 Å². The van der Waals surface area contributed by atoms with Crippen LogP contribution in [0.25, 0.3) is 0 Å². The third-order valence-electron chi connectivity index (χ3n) is 3.74. The molecule has 114 valence electrons. The Morgan fingerprint density at radius 3 is 2.60 bits per heavy atom. The molecule has 0 aromatic carbocycles. The first-order chi connectivity index (χ1) is 9.39. The van der Waals surface area contributed by atoms with E-state index in [0.29, 0.717) is 19.4 Å². The fourth-order valence-corrected chi connectivity index (χ4v) is 6.18. The molecule has 2 saturated heterocycles. The zero-order chi connectivity index (χ0) is 14.8. The SMILES string of the molecule is O=C(O)C1CCCCN1C(=O)CSC1CCS(=O)(=O)C1. The standard InChI is InChI=1S/C12H19NO5S2/c14-11(7-19-9-4-6-20(17,18)8-9)13-5-2-1-3-10(13)12(15)16/h9-10H,1-8H2,(H,15,16). The van der Waals surface area contributed by atoms with Gasteiger partial charge in [0, 0.05) is 11.8 Å². The molecule has 0 aromatic rings. The van der Waals surface area contributed by atoms with Gasteiger partial charge in [-0.05, 0) is 25.7 Å². The van der Waals surface area contributed by atoms with E-state index < -0.39 is 21.8 Å². The molecule has 1 N–H and O–H groups in total. The van der Waals surface area contributed by atoms with Crippen LogP contribution in [0, 0.1) is 0 Å². The number of amides is 1. The molecule has 2 aliphatic rings. The molecule has 0 aliphatic carbocycles. The van der Waals surface area contributed by atoms with Crippen LogP contribution in [-0.2, 0) is 19.4 Å². The number of likely N-dealkylation sites (tertiary alicyclic amines) is 1. The van der Waals surface area contributed by atoms with Crippen molar-refractivity contribution in [3.63, 3.8) is 0 Å². The van der Waals surface area contributed by atoms with Gasteiger partial charge in [0.15, 0.2) is 9.84 Å². The Morgan fingerprint density at radius 2 is 2.00 bits per heavy atom. The average molecular weight is 321 g/mol. The highest BCUT2D eigenvalue weighted by atomic mass is 32.2. The first-order valence-electron chi connectivity index (χ1n) is 6.73. The average Bonchev–Trinajstić information content (AvgIpc) is 2.75. The molecule has 0 spiro atoms. The van der Waals surface area contributed by atoms with Crippen LogP contribution in [0.3, 0.4) is 0 Å². The predicted molar refractivity (Wildman–Crippen MR) is 76.5 cm³/mol. The second-order valence-corrected chi connectivity index (χ2v) is 8.79. The molecule has 6 nitrogen and oxygen atoms in total. The Bertz CT molecular complexity index is 490. The highest BCUT2D eigenvalue weighted by molar-refractivity contribution is 8.02. The van der Waals surface area contributed by atoms with E-state index in [1.54, 1.807) is 0 Å². The molecule has 8 heteroatoms. The van der Waals surface area contributed by atoms with Gasteiger partial charge in [-0.2, -0.15) is 0 Å². The Labute approximate surface area is 122 Å². The fourth-order valence-electron chi connectivity index (χ4n) is 2.65. The summed E-state index contributed by atoms with van der Waals surface area (Å²) in [6.45, 7) is 0.485. The van der Waals surface area contributed by atoms with Gasteiger partial charge in [-0.3, -0.25) is 4.79 Å². The summed E-state index contributed by atoms with van der Waals surface area (Å²) in [5, 5.41) is 9.10.